The van der Waals surface area contributed by atoms with Gasteiger partial charge in [-0.1, -0.05) is 133 Å². The normalized spacial score (nSPS) is 11.6. The van der Waals surface area contributed by atoms with E-state index in [0.717, 1.165) is 81.3 Å². The number of hydrogen-bond acceptors (Lipinski definition) is 7. The summed E-state index contributed by atoms with van der Waals surface area (Å²) in [6.45, 7) is 0. The Morgan fingerprint density at radius 2 is 0.982 bits per heavy atom. The maximum atomic E-state index is 6.50. The molecular weight excluding hydrogens is 707 g/mol. The molecule has 7 aromatic carbocycles. The summed E-state index contributed by atoms with van der Waals surface area (Å²) in [5.41, 5.74) is 9.91. The van der Waals surface area contributed by atoms with Gasteiger partial charge in [-0.05, 0) is 53.6 Å². The summed E-state index contributed by atoms with van der Waals surface area (Å²) in [5, 5.41) is 3.13. The van der Waals surface area contributed by atoms with E-state index in [4.69, 9.17) is 29.3 Å². The molecule has 4 aromatic heterocycles. The summed E-state index contributed by atoms with van der Waals surface area (Å²) in [6, 6.07) is 60.0. The number of nitrogens with zero attached hydrogens (tertiary/aromatic N) is 5. The van der Waals surface area contributed by atoms with Gasteiger partial charge < -0.3 is 4.42 Å². The Morgan fingerprint density at radius 1 is 0.375 bits per heavy atom. The number of thiophene rings is 1. The summed E-state index contributed by atoms with van der Waals surface area (Å²) in [7, 11) is 0. The van der Waals surface area contributed by atoms with Crippen molar-refractivity contribution in [2.75, 3.05) is 0 Å². The van der Waals surface area contributed by atoms with Gasteiger partial charge in [0.05, 0.1) is 0 Å². The third kappa shape index (κ3) is 5.52. The molecule has 0 saturated carbocycles. The van der Waals surface area contributed by atoms with Gasteiger partial charge in [-0.2, -0.15) is 0 Å². The van der Waals surface area contributed by atoms with Gasteiger partial charge in [0, 0.05) is 53.4 Å². The zero-order chi connectivity index (χ0) is 37.0. The predicted molar refractivity (Wildman–Crippen MR) is 228 cm³/mol. The molecule has 0 amide bonds. The average molecular weight is 736 g/mol. The topological polar surface area (TPSA) is 77.6 Å². The van der Waals surface area contributed by atoms with Crippen molar-refractivity contribution in [2.24, 2.45) is 0 Å². The fourth-order valence-corrected chi connectivity index (χ4v) is 8.59. The van der Waals surface area contributed by atoms with Crippen LogP contribution in [0.25, 0.3) is 110 Å². The SMILES string of the molecule is c1ccc(-c2cccc(-c3nc(-c4ccc5sc6cccc(-c7nc(-c8ccccc8)nc(-c8ccccc8)n7)c6c5c4)nc4c3oc3ccccc34)c2)cc1. The molecule has 56 heavy (non-hydrogen) atoms. The van der Waals surface area contributed by atoms with Crippen LogP contribution in [0.15, 0.2) is 180 Å². The Hall–Kier alpha value is -7.35. The molecule has 0 fully saturated rings. The molecule has 0 atom stereocenters. The van der Waals surface area contributed by atoms with Gasteiger partial charge in [-0.15, -0.1) is 11.3 Å². The van der Waals surface area contributed by atoms with E-state index in [1.807, 2.05) is 84.9 Å². The van der Waals surface area contributed by atoms with Crippen molar-refractivity contribution < 1.29 is 4.42 Å². The predicted octanol–water partition coefficient (Wildman–Crippen LogP) is 12.9. The van der Waals surface area contributed by atoms with Crippen LogP contribution in [0.1, 0.15) is 0 Å². The minimum Gasteiger partial charge on any atom is -0.452 e. The second-order valence-corrected chi connectivity index (χ2v) is 14.7. The van der Waals surface area contributed by atoms with E-state index in [1.165, 1.54) is 0 Å². The summed E-state index contributed by atoms with van der Waals surface area (Å²) in [5.74, 6) is 2.51. The van der Waals surface area contributed by atoms with Crippen LogP contribution in [0.5, 0.6) is 0 Å². The Labute approximate surface area is 325 Å². The van der Waals surface area contributed by atoms with Crippen molar-refractivity contribution in [3.63, 3.8) is 0 Å². The van der Waals surface area contributed by atoms with Crippen molar-refractivity contribution in [1.82, 2.24) is 24.9 Å². The first-order chi connectivity index (χ1) is 27.7. The molecular formula is C49H29N5OS. The molecule has 262 valence electrons. The maximum Gasteiger partial charge on any atom is 0.180 e. The largest absolute Gasteiger partial charge is 0.452 e. The summed E-state index contributed by atoms with van der Waals surface area (Å²) < 4.78 is 8.80. The van der Waals surface area contributed by atoms with Crippen molar-refractivity contribution >= 4 is 53.6 Å². The molecule has 0 aliphatic heterocycles. The van der Waals surface area contributed by atoms with Gasteiger partial charge >= 0.3 is 0 Å². The molecule has 0 aliphatic carbocycles. The zero-order valence-electron chi connectivity index (χ0n) is 29.8. The van der Waals surface area contributed by atoms with E-state index >= 15 is 0 Å². The highest BCUT2D eigenvalue weighted by Crippen LogP contribution is 2.42. The van der Waals surface area contributed by atoms with Crippen LogP contribution in [-0.2, 0) is 0 Å². The smallest absolute Gasteiger partial charge is 0.180 e. The van der Waals surface area contributed by atoms with Crippen LogP contribution < -0.4 is 0 Å². The van der Waals surface area contributed by atoms with Crippen LogP contribution >= 0.6 is 11.3 Å². The number of benzene rings is 7. The van der Waals surface area contributed by atoms with Gasteiger partial charge in [0.25, 0.3) is 0 Å². The standard InChI is InChI=1S/C49H29N5OS/c1-4-14-30(15-5-1)33-20-12-21-34(28-33)43-45-44(36-22-10-11-24-39(36)55-45)51-48(50-43)35-26-27-40-38(29-35)42-37(23-13-25-41(42)56-40)49-53-46(31-16-6-2-7-17-31)52-47(54-49)32-18-8-3-9-19-32/h1-29H. The van der Waals surface area contributed by atoms with Crippen molar-refractivity contribution in [3.05, 3.63) is 176 Å². The zero-order valence-corrected chi connectivity index (χ0v) is 30.6. The molecule has 0 N–H and O–H groups in total. The molecule has 6 nitrogen and oxygen atoms in total. The number of furan rings is 1. The summed E-state index contributed by atoms with van der Waals surface area (Å²) in [4.78, 5) is 25.6. The lowest BCUT2D eigenvalue weighted by atomic mass is 10.0. The first kappa shape index (κ1) is 32.1. The number of hydrogen-bond donors (Lipinski definition) is 0. The second kappa shape index (κ2) is 13.2. The van der Waals surface area contributed by atoms with Gasteiger partial charge in [0.1, 0.15) is 16.8 Å². The maximum absolute atomic E-state index is 6.50. The average Bonchev–Trinajstić information content (AvgIpc) is 3.85. The molecule has 11 aromatic rings. The minimum atomic E-state index is 0.622. The van der Waals surface area contributed by atoms with E-state index in [0.29, 0.717) is 28.9 Å². The monoisotopic (exact) mass is 735 g/mol. The number of para-hydroxylation sites is 1. The second-order valence-electron chi connectivity index (χ2n) is 13.6. The summed E-state index contributed by atoms with van der Waals surface area (Å²) >= 11 is 1.75. The third-order valence-corrected chi connectivity index (χ3v) is 11.3. The Bertz CT molecular complexity index is 3190. The van der Waals surface area contributed by atoms with Gasteiger partial charge in [-0.25, -0.2) is 24.9 Å². The van der Waals surface area contributed by atoms with E-state index in [2.05, 4.69) is 91.0 Å². The lowest BCUT2D eigenvalue weighted by Gasteiger charge is -2.10. The minimum absolute atomic E-state index is 0.622. The fourth-order valence-electron chi connectivity index (χ4n) is 7.47. The molecule has 0 spiro atoms. The van der Waals surface area contributed by atoms with Crippen LogP contribution in [-0.4, -0.2) is 24.9 Å². The molecule has 0 saturated heterocycles. The molecule has 11 rings (SSSR count). The molecule has 4 heterocycles. The van der Waals surface area contributed by atoms with Gasteiger partial charge in [0.15, 0.2) is 28.9 Å². The molecule has 0 aliphatic rings. The lowest BCUT2D eigenvalue weighted by molar-refractivity contribution is 0.667. The first-order valence-electron chi connectivity index (χ1n) is 18.4. The van der Waals surface area contributed by atoms with Gasteiger partial charge in [-0.3, -0.25) is 0 Å². The molecule has 0 radical (unpaired) electrons. The third-order valence-electron chi connectivity index (χ3n) is 10.2. The summed E-state index contributed by atoms with van der Waals surface area (Å²) in [6.07, 6.45) is 0. The van der Waals surface area contributed by atoms with Crippen LogP contribution in [0, 0.1) is 0 Å². The Balaban J connectivity index is 1.12. The van der Waals surface area contributed by atoms with Crippen LogP contribution in [0.2, 0.25) is 0 Å². The first-order valence-corrected chi connectivity index (χ1v) is 19.2. The lowest BCUT2D eigenvalue weighted by Crippen LogP contribution is -2.00. The highest BCUT2D eigenvalue weighted by molar-refractivity contribution is 7.26. The van der Waals surface area contributed by atoms with E-state index in [9.17, 15) is 0 Å². The van der Waals surface area contributed by atoms with E-state index < -0.39 is 0 Å². The van der Waals surface area contributed by atoms with Gasteiger partial charge in [0.2, 0.25) is 0 Å². The van der Waals surface area contributed by atoms with Crippen LogP contribution in [0.3, 0.4) is 0 Å². The van der Waals surface area contributed by atoms with Crippen molar-refractivity contribution in [2.45, 2.75) is 0 Å². The Kier molecular flexibility index (Phi) is 7.57. The van der Waals surface area contributed by atoms with E-state index in [-0.39, 0.29) is 0 Å². The number of aromatic nitrogens is 5. The number of rotatable bonds is 6. The fraction of sp³-hybridized carbons (Fsp3) is 0. The molecule has 7 heteroatoms. The molecule has 0 bridgehead atoms. The van der Waals surface area contributed by atoms with Crippen molar-refractivity contribution in [3.8, 4) is 67.9 Å². The molecule has 0 unspecified atom stereocenters. The highest BCUT2D eigenvalue weighted by atomic mass is 32.1. The van der Waals surface area contributed by atoms with Crippen LogP contribution in [0.4, 0.5) is 0 Å². The Morgan fingerprint density at radius 3 is 1.73 bits per heavy atom. The quantitative estimate of drug-likeness (QED) is 0.169. The van der Waals surface area contributed by atoms with E-state index in [1.54, 1.807) is 11.3 Å². The highest BCUT2D eigenvalue weighted by Gasteiger charge is 2.21. The number of fused-ring (bicyclic) bond motifs is 6. The van der Waals surface area contributed by atoms with Crippen molar-refractivity contribution in [1.29, 1.82) is 0 Å².